The van der Waals surface area contributed by atoms with E-state index in [4.69, 9.17) is 0 Å². The minimum atomic E-state index is -0.0629. The first-order chi connectivity index (χ1) is 13.0. The van der Waals surface area contributed by atoms with Gasteiger partial charge in [0.2, 0.25) is 5.91 Å². The molecule has 6 rings (SSSR count). The molecule has 5 aliphatic rings. The molecule has 144 valence electrons. The van der Waals surface area contributed by atoms with E-state index in [0.717, 1.165) is 47.1 Å². The highest BCUT2D eigenvalue weighted by Gasteiger charge is 2.55. The number of hydrogen-bond donors (Lipinski definition) is 0. The van der Waals surface area contributed by atoms with Crippen LogP contribution in [0.15, 0.2) is 28.7 Å². The predicted octanol–water partition coefficient (Wildman–Crippen LogP) is 3.95. The van der Waals surface area contributed by atoms with Crippen molar-refractivity contribution in [1.82, 2.24) is 9.80 Å². The van der Waals surface area contributed by atoms with Crippen molar-refractivity contribution in [3.8, 4) is 0 Å². The molecule has 0 unspecified atom stereocenters. The number of rotatable bonds is 2. The fourth-order valence-corrected chi connectivity index (χ4v) is 6.86. The third-order valence-electron chi connectivity index (χ3n) is 7.44. The first-order valence-corrected chi connectivity index (χ1v) is 11.2. The van der Waals surface area contributed by atoms with Crippen LogP contribution in [-0.4, -0.2) is 47.8 Å². The standard InChI is InChI=1S/C22H27BrN2O2/c23-19-3-1-18(2-4-19)20(26)24-5-7-25(8-6-24)21(27)22-12-15-9-16(13-22)11-17(10-15)14-22/h1-4,15-17H,5-14H2. The Hall–Kier alpha value is -1.36. The van der Waals surface area contributed by atoms with Gasteiger partial charge in [-0.05, 0) is 80.5 Å². The number of halogens is 1. The van der Waals surface area contributed by atoms with Crippen LogP contribution in [0.1, 0.15) is 48.9 Å². The second kappa shape index (κ2) is 6.61. The number of hydrogen-bond acceptors (Lipinski definition) is 2. The predicted molar refractivity (Wildman–Crippen MR) is 107 cm³/mol. The molecule has 4 bridgehead atoms. The van der Waals surface area contributed by atoms with Gasteiger partial charge in [0.05, 0.1) is 5.41 Å². The molecular formula is C22H27BrN2O2. The molecule has 5 heteroatoms. The van der Waals surface area contributed by atoms with Gasteiger partial charge < -0.3 is 9.80 Å². The molecule has 4 nitrogen and oxygen atoms in total. The summed E-state index contributed by atoms with van der Waals surface area (Å²) < 4.78 is 0.977. The van der Waals surface area contributed by atoms with Crippen LogP contribution in [0.4, 0.5) is 0 Å². The third kappa shape index (κ3) is 3.12. The van der Waals surface area contributed by atoms with Gasteiger partial charge in [0.1, 0.15) is 0 Å². The van der Waals surface area contributed by atoms with Gasteiger partial charge in [-0.2, -0.15) is 0 Å². The van der Waals surface area contributed by atoms with Crippen molar-refractivity contribution in [2.45, 2.75) is 38.5 Å². The molecule has 1 heterocycles. The summed E-state index contributed by atoms with van der Waals surface area (Å²) >= 11 is 3.41. The van der Waals surface area contributed by atoms with Crippen molar-refractivity contribution in [3.05, 3.63) is 34.3 Å². The summed E-state index contributed by atoms with van der Waals surface area (Å²) in [6.07, 6.45) is 7.45. The lowest BCUT2D eigenvalue weighted by molar-refractivity contribution is -0.159. The Morgan fingerprint density at radius 1 is 0.815 bits per heavy atom. The second-order valence-electron chi connectivity index (χ2n) is 9.29. The zero-order chi connectivity index (χ0) is 18.6. The molecule has 2 amide bonds. The number of carbonyl (C=O) groups is 2. The van der Waals surface area contributed by atoms with E-state index in [1.54, 1.807) is 0 Å². The minimum Gasteiger partial charge on any atom is -0.339 e. The normalized spacial score (nSPS) is 34.8. The van der Waals surface area contributed by atoms with Gasteiger partial charge in [-0.1, -0.05) is 15.9 Å². The van der Waals surface area contributed by atoms with E-state index in [1.807, 2.05) is 29.2 Å². The number of benzene rings is 1. The molecule has 0 atom stereocenters. The average Bonchev–Trinajstić information content (AvgIpc) is 2.66. The summed E-state index contributed by atoms with van der Waals surface area (Å²) in [5.74, 6) is 2.85. The van der Waals surface area contributed by atoms with Crippen LogP contribution < -0.4 is 0 Å². The van der Waals surface area contributed by atoms with E-state index in [2.05, 4.69) is 20.8 Å². The lowest BCUT2D eigenvalue weighted by Crippen LogP contribution is -2.58. The van der Waals surface area contributed by atoms with Crippen molar-refractivity contribution >= 4 is 27.7 Å². The fourth-order valence-electron chi connectivity index (χ4n) is 6.60. The minimum absolute atomic E-state index is 0.0629. The molecule has 0 radical (unpaired) electrons. The van der Waals surface area contributed by atoms with Gasteiger partial charge in [0.15, 0.2) is 0 Å². The molecule has 5 fully saturated rings. The molecule has 0 N–H and O–H groups in total. The van der Waals surface area contributed by atoms with Crippen LogP contribution in [0, 0.1) is 23.2 Å². The highest BCUT2D eigenvalue weighted by Crippen LogP contribution is 2.60. The van der Waals surface area contributed by atoms with Crippen LogP contribution in [-0.2, 0) is 4.79 Å². The van der Waals surface area contributed by atoms with E-state index in [-0.39, 0.29) is 11.3 Å². The summed E-state index contributed by atoms with van der Waals surface area (Å²) in [5.41, 5.74) is 0.658. The van der Waals surface area contributed by atoms with E-state index >= 15 is 0 Å². The van der Waals surface area contributed by atoms with E-state index in [1.165, 1.54) is 19.3 Å². The summed E-state index contributed by atoms with van der Waals surface area (Å²) in [4.78, 5) is 30.1. The maximum Gasteiger partial charge on any atom is 0.253 e. The van der Waals surface area contributed by atoms with Crippen molar-refractivity contribution in [2.24, 2.45) is 23.2 Å². The van der Waals surface area contributed by atoms with Crippen molar-refractivity contribution in [1.29, 1.82) is 0 Å². The topological polar surface area (TPSA) is 40.6 Å². The number of amides is 2. The molecule has 1 saturated heterocycles. The molecule has 4 saturated carbocycles. The summed E-state index contributed by atoms with van der Waals surface area (Å²) in [5, 5.41) is 0. The first kappa shape index (κ1) is 17.7. The largest absolute Gasteiger partial charge is 0.339 e. The molecule has 0 spiro atoms. The molecule has 1 aromatic rings. The Morgan fingerprint density at radius 3 is 1.81 bits per heavy atom. The highest BCUT2D eigenvalue weighted by molar-refractivity contribution is 9.10. The summed E-state index contributed by atoms with van der Waals surface area (Å²) in [6, 6.07) is 7.53. The summed E-state index contributed by atoms with van der Waals surface area (Å²) in [6.45, 7) is 2.66. The van der Waals surface area contributed by atoms with Gasteiger partial charge in [0, 0.05) is 36.2 Å². The maximum atomic E-state index is 13.5. The van der Waals surface area contributed by atoms with Crippen LogP contribution in [0.3, 0.4) is 0 Å². The lowest BCUT2D eigenvalue weighted by Gasteiger charge is -2.57. The highest BCUT2D eigenvalue weighted by atomic mass is 79.9. The molecule has 0 aromatic heterocycles. The Balaban J connectivity index is 1.24. The summed E-state index contributed by atoms with van der Waals surface area (Å²) in [7, 11) is 0. The molecule has 4 aliphatic carbocycles. The zero-order valence-electron chi connectivity index (χ0n) is 15.7. The van der Waals surface area contributed by atoms with Crippen LogP contribution in [0.2, 0.25) is 0 Å². The van der Waals surface area contributed by atoms with Gasteiger partial charge >= 0.3 is 0 Å². The Kier molecular flexibility index (Phi) is 4.34. The van der Waals surface area contributed by atoms with Crippen LogP contribution >= 0.6 is 15.9 Å². The third-order valence-corrected chi connectivity index (χ3v) is 7.97. The van der Waals surface area contributed by atoms with E-state index < -0.39 is 0 Å². The van der Waals surface area contributed by atoms with Gasteiger partial charge in [0.25, 0.3) is 5.91 Å². The van der Waals surface area contributed by atoms with E-state index in [9.17, 15) is 9.59 Å². The van der Waals surface area contributed by atoms with Crippen LogP contribution in [0.5, 0.6) is 0 Å². The Labute approximate surface area is 169 Å². The van der Waals surface area contributed by atoms with Gasteiger partial charge in [-0.3, -0.25) is 9.59 Å². The monoisotopic (exact) mass is 430 g/mol. The Morgan fingerprint density at radius 2 is 1.30 bits per heavy atom. The fraction of sp³-hybridized carbons (Fsp3) is 0.636. The van der Waals surface area contributed by atoms with E-state index in [0.29, 0.717) is 32.1 Å². The maximum absolute atomic E-state index is 13.5. The molecule has 1 aliphatic heterocycles. The van der Waals surface area contributed by atoms with Crippen molar-refractivity contribution in [2.75, 3.05) is 26.2 Å². The lowest BCUT2D eigenvalue weighted by atomic mass is 9.49. The molecule has 1 aromatic carbocycles. The number of carbonyl (C=O) groups excluding carboxylic acids is 2. The first-order valence-electron chi connectivity index (χ1n) is 10.4. The Bertz CT molecular complexity index is 717. The smallest absolute Gasteiger partial charge is 0.253 e. The zero-order valence-corrected chi connectivity index (χ0v) is 17.3. The van der Waals surface area contributed by atoms with Crippen molar-refractivity contribution in [3.63, 3.8) is 0 Å². The quantitative estimate of drug-likeness (QED) is 0.712. The SMILES string of the molecule is O=C(c1ccc(Br)cc1)N1CCN(C(=O)C23CC4CC(CC(C4)C2)C3)CC1. The van der Waals surface area contributed by atoms with Crippen LogP contribution in [0.25, 0.3) is 0 Å². The van der Waals surface area contributed by atoms with Gasteiger partial charge in [-0.25, -0.2) is 0 Å². The second-order valence-corrected chi connectivity index (χ2v) is 10.2. The molecule has 27 heavy (non-hydrogen) atoms. The van der Waals surface area contributed by atoms with Gasteiger partial charge in [-0.15, -0.1) is 0 Å². The number of nitrogens with zero attached hydrogens (tertiary/aromatic N) is 2. The van der Waals surface area contributed by atoms with Crippen molar-refractivity contribution < 1.29 is 9.59 Å². The average molecular weight is 431 g/mol. The number of piperazine rings is 1. The molecular weight excluding hydrogens is 404 g/mol.